The van der Waals surface area contributed by atoms with E-state index in [1.165, 1.54) is 18.2 Å². The van der Waals surface area contributed by atoms with E-state index in [1.807, 2.05) is 0 Å². The number of para-hydroxylation sites is 1. The fourth-order valence-electron chi connectivity index (χ4n) is 1.45. The van der Waals surface area contributed by atoms with Crippen molar-refractivity contribution >= 4 is 0 Å². The van der Waals surface area contributed by atoms with Crippen molar-refractivity contribution in [3.8, 4) is 22.6 Å². The molecular weight excluding hydrogens is 195 g/mol. The van der Waals surface area contributed by atoms with Gasteiger partial charge in [0.05, 0.1) is 0 Å². The van der Waals surface area contributed by atoms with Crippen LogP contribution in [0.5, 0.6) is 11.5 Å². The molecule has 0 radical (unpaired) electrons. The van der Waals surface area contributed by atoms with Gasteiger partial charge in [0, 0.05) is 11.6 Å². The van der Waals surface area contributed by atoms with Gasteiger partial charge in [-0.1, -0.05) is 18.2 Å². The topological polar surface area (TPSA) is 40.5 Å². The summed E-state index contributed by atoms with van der Waals surface area (Å²) in [5.74, 6) is -0.635. The third-order valence-corrected chi connectivity index (χ3v) is 2.10. The van der Waals surface area contributed by atoms with Gasteiger partial charge in [-0.05, 0) is 23.8 Å². The molecule has 0 atom stereocenters. The van der Waals surface area contributed by atoms with Crippen molar-refractivity contribution in [2.45, 2.75) is 0 Å². The van der Waals surface area contributed by atoms with Crippen molar-refractivity contribution < 1.29 is 14.6 Å². The van der Waals surface area contributed by atoms with E-state index in [0.29, 0.717) is 11.1 Å². The Hall–Kier alpha value is -2.03. The van der Waals surface area contributed by atoms with Gasteiger partial charge in [0.15, 0.2) is 0 Å². The van der Waals surface area contributed by atoms with Crippen LogP contribution < -0.4 is 0 Å². The summed E-state index contributed by atoms with van der Waals surface area (Å²) in [5, 5.41) is 18.8. The van der Waals surface area contributed by atoms with Crippen molar-refractivity contribution in [1.82, 2.24) is 0 Å². The summed E-state index contributed by atoms with van der Waals surface area (Å²) in [4.78, 5) is 0. The molecule has 0 aliphatic carbocycles. The average Bonchev–Trinajstić information content (AvgIpc) is 2.16. The van der Waals surface area contributed by atoms with Gasteiger partial charge >= 0.3 is 0 Å². The van der Waals surface area contributed by atoms with E-state index >= 15 is 0 Å². The highest BCUT2D eigenvalue weighted by atomic mass is 19.1. The molecule has 0 spiro atoms. The van der Waals surface area contributed by atoms with Gasteiger partial charge in [-0.3, -0.25) is 0 Å². The quantitative estimate of drug-likeness (QED) is 0.749. The molecule has 0 aliphatic heterocycles. The molecule has 2 aromatic rings. The Morgan fingerprint density at radius 3 is 2.33 bits per heavy atom. The number of rotatable bonds is 1. The monoisotopic (exact) mass is 204 g/mol. The van der Waals surface area contributed by atoms with Crippen molar-refractivity contribution in [3.63, 3.8) is 0 Å². The summed E-state index contributed by atoms with van der Waals surface area (Å²) in [6.07, 6.45) is 0. The molecule has 2 rings (SSSR count). The Balaban J connectivity index is 2.59. The molecule has 2 N–H and O–H groups in total. The number of aromatic hydroxyl groups is 2. The molecular formula is C12H9FO2. The molecule has 0 heterocycles. The first-order valence-electron chi connectivity index (χ1n) is 4.45. The summed E-state index contributed by atoms with van der Waals surface area (Å²) < 4.78 is 13.0. The lowest BCUT2D eigenvalue weighted by molar-refractivity contribution is 0.469. The van der Waals surface area contributed by atoms with Gasteiger partial charge in [-0.15, -0.1) is 0 Å². The van der Waals surface area contributed by atoms with Crippen LogP contribution in [0.3, 0.4) is 0 Å². The van der Waals surface area contributed by atoms with E-state index in [1.54, 1.807) is 18.2 Å². The van der Waals surface area contributed by atoms with E-state index in [-0.39, 0.29) is 11.5 Å². The Morgan fingerprint density at radius 1 is 0.933 bits per heavy atom. The van der Waals surface area contributed by atoms with Crippen LogP contribution in [0.15, 0.2) is 42.5 Å². The average molecular weight is 204 g/mol. The van der Waals surface area contributed by atoms with Gasteiger partial charge in [0.2, 0.25) is 0 Å². The standard InChI is InChI=1S/C12H9FO2/c13-9-5-8(6-10(14)7-9)11-3-1-2-4-12(11)15/h1-7,14-15H. The molecule has 15 heavy (non-hydrogen) atoms. The SMILES string of the molecule is Oc1cc(F)cc(-c2ccccc2O)c1. The number of hydrogen-bond acceptors (Lipinski definition) is 2. The first kappa shape index (κ1) is 9.52. The highest BCUT2D eigenvalue weighted by Gasteiger charge is 2.05. The summed E-state index contributed by atoms with van der Waals surface area (Å²) in [5.41, 5.74) is 0.943. The predicted molar refractivity (Wildman–Crippen MR) is 55.2 cm³/mol. The van der Waals surface area contributed by atoms with Gasteiger partial charge in [-0.2, -0.15) is 0 Å². The van der Waals surface area contributed by atoms with Crippen LogP contribution in [-0.4, -0.2) is 10.2 Å². The molecule has 0 fully saturated rings. The van der Waals surface area contributed by atoms with Crippen LogP contribution in [0, 0.1) is 5.82 Å². The van der Waals surface area contributed by atoms with E-state index in [4.69, 9.17) is 0 Å². The molecule has 2 nitrogen and oxygen atoms in total. The van der Waals surface area contributed by atoms with Crippen LogP contribution in [0.2, 0.25) is 0 Å². The van der Waals surface area contributed by atoms with E-state index in [2.05, 4.69) is 0 Å². The molecule has 0 saturated heterocycles. The molecule has 3 heteroatoms. The molecule has 0 amide bonds. The maximum absolute atomic E-state index is 13.0. The van der Waals surface area contributed by atoms with E-state index < -0.39 is 5.82 Å². The lowest BCUT2D eigenvalue weighted by Crippen LogP contribution is -1.81. The Labute approximate surface area is 86.2 Å². The lowest BCUT2D eigenvalue weighted by atomic mass is 10.0. The number of phenols is 2. The van der Waals surface area contributed by atoms with Crippen LogP contribution in [-0.2, 0) is 0 Å². The van der Waals surface area contributed by atoms with Crippen molar-refractivity contribution in [3.05, 3.63) is 48.3 Å². The maximum Gasteiger partial charge on any atom is 0.127 e. The first-order chi connectivity index (χ1) is 7.16. The minimum absolute atomic E-state index is 0.0579. The van der Waals surface area contributed by atoms with Crippen LogP contribution in [0.1, 0.15) is 0 Å². The minimum Gasteiger partial charge on any atom is -0.508 e. The Bertz CT molecular complexity index is 474. The molecule has 0 aromatic heterocycles. The zero-order valence-corrected chi connectivity index (χ0v) is 7.81. The highest BCUT2D eigenvalue weighted by Crippen LogP contribution is 2.31. The van der Waals surface area contributed by atoms with E-state index in [9.17, 15) is 14.6 Å². The normalized spacial score (nSPS) is 10.2. The van der Waals surface area contributed by atoms with Crippen LogP contribution in [0.25, 0.3) is 11.1 Å². The number of hydrogen-bond donors (Lipinski definition) is 2. The molecule has 2 aromatic carbocycles. The second-order valence-electron chi connectivity index (χ2n) is 3.22. The zero-order valence-electron chi connectivity index (χ0n) is 7.81. The van der Waals surface area contributed by atoms with Gasteiger partial charge < -0.3 is 10.2 Å². The largest absolute Gasteiger partial charge is 0.508 e. The van der Waals surface area contributed by atoms with Crippen molar-refractivity contribution in [2.24, 2.45) is 0 Å². The van der Waals surface area contributed by atoms with E-state index in [0.717, 1.165) is 6.07 Å². The Morgan fingerprint density at radius 2 is 1.67 bits per heavy atom. The second-order valence-corrected chi connectivity index (χ2v) is 3.22. The third kappa shape index (κ3) is 1.91. The number of phenolic OH excluding ortho intramolecular Hbond substituents is 2. The highest BCUT2D eigenvalue weighted by molar-refractivity contribution is 5.71. The lowest BCUT2D eigenvalue weighted by Gasteiger charge is -2.05. The molecule has 0 bridgehead atoms. The Kier molecular flexibility index (Phi) is 2.29. The molecule has 0 saturated carbocycles. The van der Waals surface area contributed by atoms with Crippen LogP contribution in [0.4, 0.5) is 4.39 Å². The zero-order chi connectivity index (χ0) is 10.8. The first-order valence-corrected chi connectivity index (χ1v) is 4.45. The predicted octanol–water partition coefficient (Wildman–Crippen LogP) is 2.90. The summed E-state index contributed by atoms with van der Waals surface area (Å²) in [6.45, 7) is 0. The third-order valence-electron chi connectivity index (χ3n) is 2.10. The summed E-state index contributed by atoms with van der Waals surface area (Å²) >= 11 is 0. The fourth-order valence-corrected chi connectivity index (χ4v) is 1.45. The molecule has 0 aliphatic rings. The van der Waals surface area contributed by atoms with Gasteiger partial charge in [0.25, 0.3) is 0 Å². The summed E-state index contributed by atoms with van der Waals surface area (Å²) in [6, 6.07) is 10.3. The molecule has 76 valence electrons. The van der Waals surface area contributed by atoms with Gasteiger partial charge in [0.1, 0.15) is 17.3 Å². The second kappa shape index (κ2) is 3.61. The number of benzene rings is 2. The minimum atomic E-state index is -0.534. The van der Waals surface area contributed by atoms with Crippen molar-refractivity contribution in [2.75, 3.05) is 0 Å². The smallest absolute Gasteiger partial charge is 0.127 e. The fraction of sp³-hybridized carbons (Fsp3) is 0. The summed E-state index contributed by atoms with van der Waals surface area (Å²) in [7, 11) is 0. The van der Waals surface area contributed by atoms with Crippen LogP contribution >= 0.6 is 0 Å². The van der Waals surface area contributed by atoms with Gasteiger partial charge in [-0.25, -0.2) is 4.39 Å². The number of halogens is 1. The molecule has 0 unspecified atom stereocenters. The van der Waals surface area contributed by atoms with Crippen molar-refractivity contribution in [1.29, 1.82) is 0 Å². The maximum atomic E-state index is 13.0.